The molecule has 0 spiro atoms. The zero-order valence-corrected chi connectivity index (χ0v) is 15.8. The maximum atomic E-state index is 12.3. The first-order valence-corrected chi connectivity index (χ1v) is 10.3. The molecule has 7 heteroatoms. The van der Waals surface area contributed by atoms with E-state index < -0.39 is 10.0 Å². The zero-order chi connectivity index (χ0) is 18.9. The van der Waals surface area contributed by atoms with Crippen molar-refractivity contribution in [3.63, 3.8) is 0 Å². The van der Waals surface area contributed by atoms with Gasteiger partial charge in [0, 0.05) is 18.0 Å². The lowest BCUT2D eigenvalue weighted by Crippen LogP contribution is -2.24. The van der Waals surface area contributed by atoms with Crippen LogP contribution in [-0.2, 0) is 21.2 Å². The number of methoxy groups -OCH3 is 1. The van der Waals surface area contributed by atoms with Gasteiger partial charge in [-0.3, -0.25) is 9.52 Å². The number of benzene rings is 2. The Kier molecular flexibility index (Phi) is 4.91. The van der Waals surface area contributed by atoms with Gasteiger partial charge >= 0.3 is 0 Å². The Hall–Kier alpha value is -2.54. The normalized spacial score (nSPS) is 16.6. The maximum absolute atomic E-state index is 12.3. The van der Waals surface area contributed by atoms with E-state index in [0.29, 0.717) is 23.5 Å². The fourth-order valence-electron chi connectivity index (χ4n) is 3.41. The molecule has 0 fully saturated rings. The third-order valence-corrected chi connectivity index (χ3v) is 5.11. The minimum absolute atomic E-state index is 0.0936. The number of carbonyl (C=O) groups excluding carboxylic acids is 1. The smallest absolute Gasteiger partial charge is 0.229 e. The summed E-state index contributed by atoms with van der Waals surface area (Å²) in [6, 6.07) is 11.5. The highest BCUT2D eigenvalue weighted by molar-refractivity contribution is 7.92. The first kappa shape index (κ1) is 18.3. The number of aryl methyl sites for hydroxylation is 1. The van der Waals surface area contributed by atoms with Gasteiger partial charge in [-0.15, -0.1) is 0 Å². The molecule has 0 aliphatic carbocycles. The number of hydrogen-bond donors (Lipinski definition) is 2. The van der Waals surface area contributed by atoms with Crippen LogP contribution in [0.2, 0.25) is 0 Å². The molecule has 0 saturated carbocycles. The quantitative estimate of drug-likeness (QED) is 0.842. The highest BCUT2D eigenvalue weighted by Gasteiger charge is 2.29. The van der Waals surface area contributed by atoms with Gasteiger partial charge in [0.2, 0.25) is 15.9 Å². The van der Waals surface area contributed by atoms with Gasteiger partial charge in [-0.2, -0.15) is 0 Å². The molecule has 1 amide bonds. The van der Waals surface area contributed by atoms with E-state index in [2.05, 4.69) is 23.0 Å². The number of carbonyl (C=O) groups is 1. The Bertz CT molecular complexity index is 954. The van der Waals surface area contributed by atoms with Crippen LogP contribution in [0.15, 0.2) is 36.4 Å². The largest absolute Gasteiger partial charge is 0.495 e. The standard InChI is InChI=1S/C19H22N2O4S/c1-4-12-7-5-6-8-13(12)14-10-19(22)20-16-11-17(21-26(3,23)24)18(25-2)9-15(14)16/h5-9,11,14,21H,4,10H2,1-3H3,(H,20,22). The van der Waals surface area contributed by atoms with Crippen molar-refractivity contribution in [2.75, 3.05) is 23.4 Å². The number of anilines is 2. The molecule has 0 bridgehead atoms. The molecule has 1 unspecified atom stereocenters. The molecular formula is C19H22N2O4S. The second-order valence-electron chi connectivity index (χ2n) is 6.37. The van der Waals surface area contributed by atoms with Crippen molar-refractivity contribution >= 4 is 27.3 Å². The number of rotatable bonds is 5. The molecule has 2 aromatic rings. The van der Waals surface area contributed by atoms with Gasteiger partial charge in [0.05, 0.1) is 19.1 Å². The SMILES string of the molecule is CCc1ccccc1C1CC(=O)Nc2cc(NS(C)(=O)=O)c(OC)cc21. The predicted octanol–water partition coefficient (Wildman–Crippen LogP) is 3.10. The van der Waals surface area contributed by atoms with Gasteiger partial charge in [0.25, 0.3) is 0 Å². The number of hydrogen-bond acceptors (Lipinski definition) is 4. The topological polar surface area (TPSA) is 84.5 Å². The van der Waals surface area contributed by atoms with Crippen molar-refractivity contribution in [1.29, 1.82) is 0 Å². The van der Waals surface area contributed by atoms with Crippen LogP contribution in [0.25, 0.3) is 0 Å². The molecule has 1 heterocycles. The average Bonchev–Trinajstić information content (AvgIpc) is 2.59. The van der Waals surface area contributed by atoms with E-state index in [1.807, 2.05) is 18.2 Å². The fraction of sp³-hybridized carbons (Fsp3) is 0.316. The van der Waals surface area contributed by atoms with Crippen molar-refractivity contribution in [2.24, 2.45) is 0 Å². The summed E-state index contributed by atoms with van der Waals surface area (Å²) in [7, 11) is -1.98. The Balaban J connectivity index is 2.15. The van der Waals surface area contributed by atoms with Crippen molar-refractivity contribution in [1.82, 2.24) is 0 Å². The molecule has 1 atom stereocenters. The summed E-state index contributed by atoms with van der Waals surface area (Å²) in [5.74, 6) is 0.226. The molecule has 0 radical (unpaired) electrons. The van der Waals surface area contributed by atoms with E-state index in [1.54, 1.807) is 12.1 Å². The number of sulfonamides is 1. The predicted molar refractivity (Wildman–Crippen MR) is 102 cm³/mol. The highest BCUT2D eigenvalue weighted by atomic mass is 32.2. The minimum atomic E-state index is -3.47. The molecule has 0 saturated heterocycles. The third kappa shape index (κ3) is 3.67. The number of ether oxygens (including phenoxy) is 1. The van der Waals surface area contributed by atoms with Crippen molar-refractivity contribution in [3.8, 4) is 5.75 Å². The first-order valence-electron chi connectivity index (χ1n) is 8.39. The average molecular weight is 374 g/mol. The van der Waals surface area contributed by atoms with Crippen LogP contribution in [0.1, 0.15) is 36.0 Å². The fourth-order valence-corrected chi connectivity index (χ4v) is 3.97. The summed E-state index contributed by atoms with van der Waals surface area (Å²) < 4.78 is 31.1. The summed E-state index contributed by atoms with van der Waals surface area (Å²) >= 11 is 0. The van der Waals surface area contributed by atoms with Gasteiger partial charge in [-0.25, -0.2) is 8.42 Å². The second-order valence-corrected chi connectivity index (χ2v) is 8.12. The number of nitrogens with one attached hydrogen (secondary N) is 2. The summed E-state index contributed by atoms with van der Waals surface area (Å²) in [5.41, 5.74) is 4.12. The lowest BCUT2D eigenvalue weighted by Gasteiger charge is -2.28. The molecule has 2 aromatic carbocycles. The maximum Gasteiger partial charge on any atom is 0.229 e. The Morgan fingerprint density at radius 2 is 1.96 bits per heavy atom. The van der Waals surface area contributed by atoms with Gasteiger partial charge in [0.1, 0.15) is 5.75 Å². The van der Waals surface area contributed by atoms with Crippen LogP contribution in [0, 0.1) is 0 Å². The van der Waals surface area contributed by atoms with Crippen molar-refractivity contribution in [3.05, 3.63) is 53.1 Å². The first-order chi connectivity index (χ1) is 12.3. The van der Waals surface area contributed by atoms with E-state index in [-0.39, 0.29) is 11.8 Å². The van der Waals surface area contributed by atoms with E-state index in [0.717, 1.165) is 23.8 Å². The van der Waals surface area contributed by atoms with Crippen molar-refractivity contribution in [2.45, 2.75) is 25.7 Å². The Morgan fingerprint density at radius 3 is 2.62 bits per heavy atom. The Morgan fingerprint density at radius 1 is 1.23 bits per heavy atom. The third-order valence-electron chi connectivity index (χ3n) is 4.52. The second kappa shape index (κ2) is 6.99. The van der Waals surface area contributed by atoms with Crippen LogP contribution < -0.4 is 14.8 Å². The molecule has 26 heavy (non-hydrogen) atoms. The lowest BCUT2D eigenvalue weighted by molar-refractivity contribution is -0.116. The lowest BCUT2D eigenvalue weighted by atomic mass is 9.82. The minimum Gasteiger partial charge on any atom is -0.495 e. The van der Waals surface area contributed by atoms with Gasteiger partial charge in [-0.05, 0) is 35.2 Å². The summed E-state index contributed by atoms with van der Waals surface area (Å²) in [6.45, 7) is 2.09. The summed E-state index contributed by atoms with van der Waals surface area (Å²) in [4.78, 5) is 12.3. The van der Waals surface area contributed by atoms with Crippen LogP contribution in [0.5, 0.6) is 5.75 Å². The van der Waals surface area contributed by atoms with Crippen LogP contribution in [-0.4, -0.2) is 27.7 Å². The van der Waals surface area contributed by atoms with E-state index in [1.165, 1.54) is 12.7 Å². The van der Waals surface area contributed by atoms with Crippen LogP contribution in [0.4, 0.5) is 11.4 Å². The van der Waals surface area contributed by atoms with Gasteiger partial charge in [-0.1, -0.05) is 31.2 Å². The molecule has 6 nitrogen and oxygen atoms in total. The molecular weight excluding hydrogens is 352 g/mol. The molecule has 1 aliphatic rings. The van der Waals surface area contributed by atoms with Gasteiger partial charge in [0.15, 0.2) is 0 Å². The monoisotopic (exact) mass is 374 g/mol. The molecule has 3 rings (SSSR count). The number of amides is 1. The highest BCUT2D eigenvalue weighted by Crippen LogP contribution is 2.43. The van der Waals surface area contributed by atoms with Crippen molar-refractivity contribution < 1.29 is 17.9 Å². The summed E-state index contributed by atoms with van der Waals surface area (Å²) in [6.07, 6.45) is 2.28. The molecule has 0 aromatic heterocycles. The molecule has 1 aliphatic heterocycles. The number of fused-ring (bicyclic) bond motifs is 1. The van der Waals surface area contributed by atoms with E-state index in [4.69, 9.17) is 4.74 Å². The molecule has 2 N–H and O–H groups in total. The van der Waals surface area contributed by atoms with E-state index in [9.17, 15) is 13.2 Å². The van der Waals surface area contributed by atoms with Crippen LogP contribution in [0.3, 0.4) is 0 Å². The zero-order valence-electron chi connectivity index (χ0n) is 15.0. The summed E-state index contributed by atoms with van der Waals surface area (Å²) in [5, 5.41) is 2.85. The molecule has 138 valence electrons. The Labute approximate surface area is 153 Å². The van der Waals surface area contributed by atoms with Crippen LogP contribution >= 0.6 is 0 Å². The van der Waals surface area contributed by atoms with Gasteiger partial charge < -0.3 is 10.1 Å². The van der Waals surface area contributed by atoms with E-state index >= 15 is 0 Å².